The molecule has 2 aliphatic rings. The predicted molar refractivity (Wildman–Crippen MR) is 88.2 cm³/mol. The lowest BCUT2D eigenvalue weighted by Gasteiger charge is -2.60. The van der Waals surface area contributed by atoms with E-state index in [-0.39, 0.29) is 17.5 Å². The van der Waals surface area contributed by atoms with E-state index < -0.39 is 0 Å². The molecular weight excluding hydrogens is 292 g/mol. The van der Waals surface area contributed by atoms with Gasteiger partial charge >= 0.3 is 6.03 Å². The number of carbonyl (C=O) groups is 1. The van der Waals surface area contributed by atoms with Crippen LogP contribution >= 0.6 is 0 Å². The van der Waals surface area contributed by atoms with Crippen LogP contribution in [0.25, 0.3) is 0 Å². The lowest BCUT2D eigenvalue weighted by Crippen LogP contribution is -2.68. The van der Waals surface area contributed by atoms with Crippen LogP contribution in [0.15, 0.2) is 12.4 Å². The SMILES string of the molecule is CCO[C@@H]1C[C@@H](NC(=O)NCCCn2ccnc2C)C12CCC2. The average molecular weight is 320 g/mol. The minimum Gasteiger partial charge on any atom is -0.378 e. The lowest BCUT2D eigenvalue weighted by atomic mass is 9.51. The van der Waals surface area contributed by atoms with Crippen molar-refractivity contribution in [2.24, 2.45) is 5.41 Å². The highest BCUT2D eigenvalue weighted by Gasteiger charge is 2.59. The van der Waals surface area contributed by atoms with Crippen molar-refractivity contribution in [1.29, 1.82) is 0 Å². The van der Waals surface area contributed by atoms with Crippen LogP contribution in [0.2, 0.25) is 0 Å². The fourth-order valence-electron chi connectivity index (χ4n) is 3.94. The Kier molecular flexibility index (Phi) is 4.90. The molecule has 0 bridgehead atoms. The van der Waals surface area contributed by atoms with Gasteiger partial charge in [0.2, 0.25) is 0 Å². The van der Waals surface area contributed by atoms with Crippen molar-refractivity contribution < 1.29 is 9.53 Å². The topological polar surface area (TPSA) is 68.2 Å². The van der Waals surface area contributed by atoms with Crippen molar-refractivity contribution in [2.75, 3.05) is 13.2 Å². The van der Waals surface area contributed by atoms with Crippen molar-refractivity contribution in [2.45, 2.75) is 64.6 Å². The van der Waals surface area contributed by atoms with Crippen molar-refractivity contribution in [3.05, 3.63) is 18.2 Å². The second-order valence-electron chi connectivity index (χ2n) is 6.74. The Labute approximate surface area is 138 Å². The first-order valence-corrected chi connectivity index (χ1v) is 8.79. The van der Waals surface area contributed by atoms with Gasteiger partial charge in [-0.3, -0.25) is 0 Å². The van der Waals surface area contributed by atoms with Crippen LogP contribution < -0.4 is 10.6 Å². The van der Waals surface area contributed by atoms with Crippen molar-refractivity contribution in [3.63, 3.8) is 0 Å². The molecule has 2 aliphatic carbocycles. The van der Waals surface area contributed by atoms with E-state index >= 15 is 0 Å². The molecule has 128 valence electrons. The van der Waals surface area contributed by atoms with Gasteiger partial charge in [0.25, 0.3) is 0 Å². The molecule has 23 heavy (non-hydrogen) atoms. The minimum absolute atomic E-state index is 0.0430. The highest BCUT2D eigenvalue weighted by Crippen LogP contribution is 2.57. The molecule has 1 spiro atoms. The summed E-state index contributed by atoms with van der Waals surface area (Å²) in [4.78, 5) is 16.3. The van der Waals surface area contributed by atoms with Crippen LogP contribution in [0.5, 0.6) is 0 Å². The number of imidazole rings is 1. The Balaban J connectivity index is 1.36. The molecule has 3 rings (SSSR count). The van der Waals surface area contributed by atoms with Gasteiger partial charge in [0.1, 0.15) is 5.82 Å². The number of hydrogen-bond donors (Lipinski definition) is 2. The standard InChI is InChI=1S/C17H28N4O2/c1-3-23-15-12-14(17(15)6-4-7-17)20-16(22)19-8-5-10-21-11-9-18-13(21)2/h9,11,14-15H,3-8,10,12H2,1-2H3,(H2,19,20,22)/t14-,15-/m1/s1. The molecule has 6 heteroatoms. The predicted octanol–water partition coefficient (Wildman–Crippen LogP) is 2.23. The fourth-order valence-corrected chi connectivity index (χ4v) is 3.94. The first-order valence-electron chi connectivity index (χ1n) is 8.79. The minimum atomic E-state index is -0.0430. The Hall–Kier alpha value is -1.56. The van der Waals surface area contributed by atoms with E-state index in [1.165, 1.54) is 19.3 Å². The van der Waals surface area contributed by atoms with E-state index in [0.717, 1.165) is 31.8 Å². The first kappa shape index (κ1) is 16.3. The van der Waals surface area contributed by atoms with Gasteiger partial charge in [-0.05, 0) is 39.5 Å². The van der Waals surface area contributed by atoms with Gasteiger partial charge in [-0.1, -0.05) is 6.42 Å². The maximum Gasteiger partial charge on any atom is 0.315 e. The smallest absolute Gasteiger partial charge is 0.315 e. The molecule has 2 atom stereocenters. The van der Waals surface area contributed by atoms with E-state index in [0.29, 0.717) is 12.6 Å². The summed E-state index contributed by atoms with van der Waals surface area (Å²) in [7, 11) is 0. The van der Waals surface area contributed by atoms with Gasteiger partial charge in [-0.2, -0.15) is 0 Å². The van der Waals surface area contributed by atoms with Gasteiger partial charge in [-0.25, -0.2) is 9.78 Å². The number of rotatable bonds is 7. The Bertz CT molecular complexity index is 538. The van der Waals surface area contributed by atoms with Crippen LogP contribution in [0, 0.1) is 12.3 Å². The number of aryl methyl sites for hydroxylation is 2. The maximum atomic E-state index is 12.1. The highest BCUT2D eigenvalue weighted by molar-refractivity contribution is 5.74. The van der Waals surface area contributed by atoms with Crippen LogP contribution in [0.4, 0.5) is 4.79 Å². The van der Waals surface area contributed by atoms with E-state index in [1.807, 2.05) is 20.0 Å². The number of carbonyl (C=O) groups excluding carboxylic acids is 1. The summed E-state index contributed by atoms with van der Waals surface area (Å²) in [5, 5.41) is 6.13. The normalized spacial score (nSPS) is 24.8. The molecule has 2 N–H and O–H groups in total. The monoisotopic (exact) mass is 320 g/mol. The number of nitrogens with one attached hydrogen (secondary N) is 2. The Morgan fingerprint density at radius 3 is 2.96 bits per heavy atom. The summed E-state index contributed by atoms with van der Waals surface area (Å²) in [6, 6.07) is 0.238. The second kappa shape index (κ2) is 6.91. The molecular formula is C17H28N4O2. The molecule has 0 saturated heterocycles. The molecule has 2 amide bonds. The third kappa shape index (κ3) is 3.22. The molecule has 0 aliphatic heterocycles. The van der Waals surface area contributed by atoms with Gasteiger partial charge in [-0.15, -0.1) is 0 Å². The summed E-state index contributed by atoms with van der Waals surface area (Å²) >= 11 is 0. The van der Waals surface area contributed by atoms with Gasteiger partial charge in [0, 0.05) is 43.5 Å². The Morgan fingerprint density at radius 2 is 2.35 bits per heavy atom. The van der Waals surface area contributed by atoms with Crippen molar-refractivity contribution in [1.82, 2.24) is 20.2 Å². The number of aromatic nitrogens is 2. The molecule has 0 unspecified atom stereocenters. The van der Waals surface area contributed by atoms with Gasteiger partial charge in [0.05, 0.1) is 6.10 Å². The highest BCUT2D eigenvalue weighted by atomic mass is 16.5. The van der Waals surface area contributed by atoms with Crippen LogP contribution in [0.3, 0.4) is 0 Å². The average Bonchev–Trinajstić information content (AvgIpc) is 2.86. The number of urea groups is 1. The zero-order valence-electron chi connectivity index (χ0n) is 14.2. The van der Waals surface area contributed by atoms with Crippen molar-refractivity contribution in [3.8, 4) is 0 Å². The number of amides is 2. The van der Waals surface area contributed by atoms with Crippen LogP contribution in [-0.2, 0) is 11.3 Å². The summed E-state index contributed by atoms with van der Waals surface area (Å²) in [6.07, 6.45) is 9.60. The third-order valence-electron chi connectivity index (χ3n) is 5.53. The van der Waals surface area contributed by atoms with Crippen molar-refractivity contribution >= 4 is 6.03 Å². The quantitative estimate of drug-likeness (QED) is 0.757. The van der Waals surface area contributed by atoms with Gasteiger partial charge < -0.3 is 19.9 Å². The summed E-state index contributed by atoms with van der Waals surface area (Å²) in [6.45, 7) is 6.36. The summed E-state index contributed by atoms with van der Waals surface area (Å²) in [5.41, 5.74) is 0.223. The zero-order chi connectivity index (χ0) is 16.3. The van der Waals surface area contributed by atoms with E-state index in [1.54, 1.807) is 6.20 Å². The molecule has 1 aromatic heterocycles. The summed E-state index contributed by atoms with van der Waals surface area (Å²) < 4.78 is 7.92. The molecule has 0 radical (unpaired) electrons. The number of nitrogens with zero attached hydrogens (tertiary/aromatic N) is 2. The second-order valence-corrected chi connectivity index (χ2v) is 6.74. The van der Waals surface area contributed by atoms with Crippen LogP contribution in [0.1, 0.15) is 44.9 Å². The molecule has 2 saturated carbocycles. The van der Waals surface area contributed by atoms with E-state index in [9.17, 15) is 4.79 Å². The molecule has 2 fully saturated rings. The zero-order valence-corrected chi connectivity index (χ0v) is 14.2. The molecule has 1 aromatic rings. The number of hydrogen-bond acceptors (Lipinski definition) is 3. The summed E-state index contributed by atoms with van der Waals surface area (Å²) in [5.74, 6) is 1.01. The molecule has 0 aromatic carbocycles. The Morgan fingerprint density at radius 1 is 1.52 bits per heavy atom. The van der Waals surface area contributed by atoms with E-state index in [4.69, 9.17) is 4.74 Å². The number of ether oxygens (including phenoxy) is 1. The maximum absolute atomic E-state index is 12.1. The van der Waals surface area contributed by atoms with E-state index in [2.05, 4.69) is 20.2 Å². The molecule has 1 heterocycles. The lowest BCUT2D eigenvalue weighted by molar-refractivity contribution is -0.169. The van der Waals surface area contributed by atoms with Gasteiger partial charge in [0.15, 0.2) is 0 Å². The largest absolute Gasteiger partial charge is 0.378 e. The fraction of sp³-hybridized carbons (Fsp3) is 0.765. The third-order valence-corrected chi connectivity index (χ3v) is 5.53. The molecule has 6 nitrogen and oxygen atoms in total. The first-order chi connectivity index (χ1) is 11.2. The van der Waals surface area contributed by atoms with Crippen LogP contribution in [-0.4, -0.2) is 40.9 Å².